The van der Waals surface area contributed by atoms with E-state index in [2.05, 4.69) is 208 Å². The van der Waals surface area contributed by atoms with Crippen LogP contribution in [-0.2, 0) is 32.7 Å². The summed E-state index contributed by atoms with van der Waals surface area (Å²) in [7, 11) is 1.14. The number of ether oxygens (including phenoxy) is 2. The highest BCUT2D eigenvalue weighted by molar-refractivity contribution is 7.45. The lowest BCUT2D eigenvalue weighted by Crippen LogP contribution is -2.37. The van der Waals surface area contributed by atoms with Gasteiger partial charge in [-0.3, -0.25) is 14.2 Å². The number of nitrogens with zero attached hydrogens (tertiary/aromatic N) is 1. The van der Waals surface area contributed by atoms with E-state index in [-0.39, 0.29) is 26.1 Å². The van der Waals surface area contributed by atoms with E-state index in [1.165, 1.54) is 77.0 Å². The first-order valence-electron chi connectivity index (χ1n) is 37.1. The SMILES string of the molecule is CC/C=C\C/C=C\C/C=C\C/C=C\C/C=C\C/C=C\C/C=C\C/C=C\CCCCCCCCCCCCCCC(=O)OC(COC(=O)CCCCCCCCCC/C=C\C/C=C\C/C=C\C/C=C\C/C=C\C/C=C\C/C=C\C/C=C\CC)COP(=O)([O-])OCC[N+](C)(C)C. The van der Waals surface area contributed by atoms with Crippen molar-refractivity contribution >= 4 is 19.8 Å². The lowest BCUT2D eigenvalue weighted by atomic mass is 10.0. The summed E-state index contributed by atoms with van der Waals surface area (Å²) in [4.78, 5) is 38.1. The van der Waals surface area contributed by atoms with E-state index in [1.807, 2.05) is 21.1 Å². The number of quaternary nitrogens is 1. The molecule has 0 amide bonds. The zero-order chi connectivity index (χ0) is 68.3. The fourth-order valence-electron chi connectivity index (χ4n) is 9.51. The Kier molecular flexibility index (Phi) is 68.2. The van der Waals surface area contributed by atoms with Crippen molar-refractivity contribution in [2.75, 3.05) is 47.5 Å². The summed E-state index contributed by atoms with van der Waals surface area (Å²) >= 11 is 0. The molecule has 0 fully saturated rings. The van der Waals surface area contributed by atoms with E-state index in [4.69, 9.17) is 18.5 Å². The van der Waals surface area contributed by atoms with E-state index >= 15 is 0 Å². The predicted molar refractivity (Wildman–Crippen MR) is 406 cm³/mol. The molecule has 0 saturated heterocycles. The quantitative estimate of drug-likeness (QED) is 0.0195. The molecule has 0 bridgehead atoms. The highest BCUT2D eigenvalue weighted by Crippen LogP contribution is 2.38. The second-order valence-electron chi connectivity index (χ2n) is 25.2. The molecule has 0 heterocycles. The van der Waals surface area contributed by atoms with Crippen LogP contribution in [0.1, 0.15) is 271 Å². The monoisotopic (exact) mass is 1320 g/mol. The van der Waals surface area contributed by atoms with Crippen LogP contribution in [0.3, 0.4) is 0 Å². The molecular weight excluding hydrogens is 1180 g/mol. The van der Waals surface area contributed by atoms with Crippen LogP contribution in [0.2, 0.25) is 0 Å². The number of likely N-dealkylation sites (N-methyl/N-ethyl adjacent to an activating group) is 1. The fraction of sp³-hybridized carbons (Fsp3) is 0.595. The van der Waals surface area contributed by atoms with Gasteiger partial charge < -0.3 is 27.9 Å². The van der Waals surface area contributed by atoms with E-state index in [0.717, 1.165) is 154 Å². The van der Waals surface area contributed by atoms with Crippen molar-refractivity contribution in [3.05, 3.63) is 194 Å². The van der Waals surface area contributed by atoms with E-state index in [1.54, 1.807) is 0 Å². The number of carbonyl (C=O) groups excluding carboxylic acids is 2. The van der Waals surface area contributed by atoms with Crippen LogP contribution in [0, 0.1) is 0 Å². The molecule has 0 N–H and O–H groups in total. The maximum Gasteiger partial charge on any atom is 0.306 e. The van der Waals surface area contributed by atoms with Gasteiger partial charge in [-0.2, -0.15) is 0 Å². The third-order valence-corrected chi connectivity index (χ3v) is 16.1. The van der Waals surface area contributed by atoms with Gasteiger partial charge in [0, 0.05) is 12.8 Å². The summed E-state index contributed by atoms with van der Waals surface area (Å²) in [6.45, 7) is 3.99. The van der Waals surface area contributed by atoms with Gasteiger partial charge >= 0.3 is 11.9 Å². The van der Waals surface area contributed by atoms with Gasteiger partial charge in [-0.05, 0) is 141 Å². The van der Waals surface area contributed by atoms with Gasteiger partial charge in [-0.1, -0.05) is 311 Å². The summed E-state index contributed by atoms with van der Waals surface area (Å²) in [5.41, 5.74) is 0. The molecule has 0 radical (unpaired) electrons. The first-order valence-corrected chi connectivity index (χ1v) is 38.6. The topological polar surface area (TPSA) is 111 Å². The highest BCUT2D eigenvalue weighted by atomic mass is 31.2. The van der Waals surface area contributed by atoms with Gasteiger partial charge in [-0.25, -0.2) is 0 Å². The third-order valence-electron chi connectivity index (χ3n) is 15.1. The van der Waals surface area contributed by atoms with E-state index in [9.17, 15) is 19.0 Å². The number of phosphoric acid groups is 1. The number of allylic oxidation sites excluding steroid dienone is 32. The lowest BCUT2D eigenvalue weighted by molar-refractivity contribution is -0.870. The smallest absolute Gasteiger partial charge is 0.306 e. The zero-order valence-corrected chi connectivity index (χ0v) is 61.2. The highest BCUT2D eigenvalue weighted by Gasteiger charge is 2.22. The Hall–Kier alpha value is -5.15. The van der Waals surface area contributed by atoms with Crippen LogP contribution in [0.15, 0.2) is 194 Å². The number of rotatable bonds is 66. The summed E-state index contributed by atoms with van der Waals surface area (Å²) in [6, 6.07) is 0. The van der Waals surface area contributed by atoms with Crippen molar-refractivity contribution < 1.29 is 42.1 Å². The maximum absolute atomic E-state index is 12.9. The minimum atomic E-state index is -4.66. The van der Waals surface area contributed by atoms with E-state index < -0.39 is 32.5 Å². The normalized spacial score (nSPS) is 14.2. The maximum atomic E-state index is 12.9. The molecule has 0 aliphatic heterocycles. The van der Waals surface area contributed by atoms with Crippen LogP contribution in [0.4, 0.5) is 0 Å². The third kappa shape index (κ3) is 75.9. The summed E-state index contributed by atoms with van der Waals surface area (Å²) in [6.07, 6.45) is 112. The molecule has 10 heteroatoms. The number of unbranched alkanes of at least 4 members (excludes halogenated alkanes) is 20. The number of hydrogen-bond acceptors (Lipinski definition) is 8. The summed E-state index contributed by atoms with van der Waals surface area (Å²) in [5, 5.41) is 0. The number of hydrogen-bond donors (Lipinski definition) is 0. The van der Waals surface area contributed by atoms with Gasteiger partial charge in [0.1, 0.15) is 19.8 Å². The molecular formula is C84H136NO8P. The van der Waals surface area contributed by atoms with Crippen molar-refractivity contribution in [1.82, 2.24) is 0 Å². The minimum Gasteiger partial charge on any atom is -0.756 e. The minimum absolute atomic E-state index is 0.0422. The Labute approximate surface area is 577 Å². The molecule has 530 valence electrons. The van der Waals surface area contributed by atoms with Crippen LogP contribution in [0.25, 0.3) is 0 Å². The standard InChI is InChI=1S/C84H136NO8P/c1-6-8-10-12-14-16-18-20-22-24-26-28-30-32-34-36-38-40-41-42-43-45-47-49-51-53-55-57-59-61-63-65-67-69-71-73-75-77-84(87)93-82(81-92-94(88,89)91-79-78-85(3,4)5)80-90-83(86)76-74-72-70-68-66-64-62-60-58-56-54-52-50-48-46-44-39-37-35-33-31-29-27-25-23-21-19-17-15-13-11-9-7-2/h8-11,14-17,20-23,26-29,32-35,38-40,42-44,47-50,54,56,82H,6-7,12-13,18-19,24-25,30-31,36-37,41,45-46,51-53,55,57-81H2,1-5H3/b10-8-,11-9-,16-14-,17-15-,22-20-,23-21-,28-26-,29-27-,34-32-,35-33-,40-38-,43-42-,44-39-,49-47-,50-48-,56-54-. The van der Waals surface area contributed by atoms with Gasteiger partial charge in [0.25, 0.3) is 7.82 Å². The van der Waals surface area contributed by atoms with Crippen molar-refractivity contribution in [3.63, 3.8) is 0 Å². The molecule has 94 heavy (non-hydrogen) atoms. The molecule has 0 aliphatic rings. The molecule has 0 spiro atoms. The number of phosphoric ester groups is 1. The van der Waals surface area contributed by atoms with Gasteiger partial charge in [-0.15, -0.1) is 0 Å². The molecule has 2 unspecified atom stereocenters. The average Bonchev–Trinajstić information content (AvgIpc) is 1.56. The Bertz CT molecular complexity index is 2290. The van der Waals surface area contributed by atoms with Crippen LogP contribution >= 0.6 is 7.82 Å². The lowest BCUT2D eigenvalue weighted by Gasteiger charge is -2.28. The van der Waals surface area contributed by atoms with Crippen molar-refractivity contribution in [2.45, 2.75) is 277 Å². The molecule has 0 aromatic heterocycles. The molecule has 0 rings (SSSR count). The summed E-state index contributed by atoms with van der Waals surface area (Å²) < 4.78 is 34.3. The van der Waals surface area contributed by atoms with Crippen molar-refractivity contribution in [2.24, 2.45) is 0 Å². The molecule has 0 aromatic carbocycles. The zero-order valence-electron chi connectivity index (χ0n) is 60.3. The fourth-order valence-corrected chi connectivity index (χ4v) is 10.2. The summed E-state index contributed by atoms with van der Waals surface area (Å²) in [5.74, 6) is -0.855. The molecule has 0 saturated carbocycles. The van der Waals surface area contributed by atoms with Crippen LogP contribution < -0.4 is 4.89 Å². The van der Waals surface area contributed by atoms with Crippen molar-refractivity contribution in [3.8, 4) is 0 Å². The average molecular weight is 1320 g/mol. The molecule has 0 aliphatic carbocycles. The number of esters is 2. The molecule has 9 nitrogen and oxygen atoms in total. The first kappa shape index (κ1) is 88.8. The number of carbonyl (C=O) groups is 2. The van der Waals surface area contributed by atoms with E-state index in [0.29, 0.717) is 23.9 Å². The van der Waals surface area contributed by atoms with Gasteiger partial charge in [0.15, 0.2) is 6.10 Å². The van der Waals surface area contributed by atoms with Crippen LogP contribution in [-0.4, -0.2) is 70.0 Å². The van der Waals surface area contributed by atoms with Gasteiger partial charge in [0.2, 0.25) is 0 Å². The van der Waals surface area contributed by atoms with Gasteiger partial charge in [0.05, 0.1) is 27.7 Å². The molecule has 0 aromatic rings. The Morgan fingerprint density at radius 2 is 0.574 bits per heavy atom. The predicted octanol–water partition coefficient (Wildman–Crippen LogP) is 24.2. The largest absolute Gasteiger partial charge is 0.756 e. The Morgan fingerprint density at radius 1 is 0.330 bits per heavy atom. The van der Waals surface area contributed by atoms with Crippen LogP contribution in [0.5, 0.6) is 0 Å². The second kappa shape index (κ2) is 72.1. The van der Waals surface area contributed by atoms with Crippen molar-refractivity contribution in [1.29, 1.82) is 0 Å². The first-order chi connectivity index (χ1) is 46.0. The Balaban J connectivity index is 4.12. The Morgan fingerprint density at radius 3 is 0.851 bits per heavy atom. The second-order valence-corrected chi connectivity index (χ2v) is 26.6. The molecule has 2 atom stereocenters.